The smallest absolute Gasteiger partial charge is 0.349 e. The minimum atomic E-state index is -1.09. The second kappa shape index (κ2) is 9.91. The Morgan fingerprint density at radius 1 is 1.15 bits per heavy atom. The standard InChI is InChI=1S/C28H29N3O3/c1-5-10-22-16-20(13-14-23(22)34-26(28(32)33)21-11-8-7-9-12-21)17-31-24(6-2)30-25-18(3)15-19(4)29-27(25)31/h5,7-9,11-16,26H,1,6,10,17H2,2-4H3,(H,32,33). The van der Waals surface area contributed by atoms with Gasteiger partial charge in [0.15, 0.2) is 5.65 Å². The van der Waals surface area contributed by atoms with E-state index in [1.54, 1.807) is 30.3 Å². The Kier molecular flexibility index (Phi) is 6.77. The number of benzene rings is 2. The summed E-state index contributed by atoms with van der Waals surface area (Å²) in [4.78, 5) is 21.5. The summed E-state index contributed by atoms with van der Waals surface area (Å²) in [6, 6.07) is 16.9. The van der Waals surface area contributed by atoms with Gasteiger partial charge in [0.25, 0.3) is 0 Å². The van der Waals surface area contributed by atoms with Crippen LogP contribution in [-0.2, 0) is 24.2 Å². The molecule has 0 fully saturated rings. The first-order valence-electron chi connectivity index (χ1n) is 11.4. The van der Waals surface area contributed by atoms with Gasteiger partial charge in [-0.2, -0.15) is 0 Å². The van der Waals surface area contributed by atoms with Crippen LogP contribution >= 0.6 is 0 Å². The molecule has 0 aliphatic heterocycles. The molecule has 2 aromatic carbocycles. The Labute approximate surface area is 199 Å². The van der Waals surface area contributed by atoms with Crippen LogP contribution < -0.4 is 4.74 Å². The van der Waals surface area contributed by atoms with E-state index >= 15 is 0 Å². The molecule has 0 radical (unpaired) electrons. The van der Waals surface area contributed by atoms with Gasteiger partial charge in [0.05, 0.1) is 6.54 Å². The topological polar surface area (TPSA) is 77.2 Å². The maximum atomic E-state index is 11.9. The van der Waals surface area contributed by atoms with Gasteiger partial charge in [0.2, 0.25) is 6.10 Å². The Morgan fingerprint density at radius 3 is 2.59 bits per heavy atom. The molecule has 0 amide bonds. The highest BCUT2D eigenvalue weighted by Crippen LogP contribution is 2.29. The minimum Gasteiger partial charge on any atom is -0.478 e. The van der Waals surface area contributed by atoms with Crippen LogP contribution in [0.5, 0.6) is 5.75 Å². The Hall–Kier alpha value is -3.93. The zero-order valence-corrected chi connectivity index (χ0v) is 19.8. The number of ether oxygens (including phenoxy) is 1. The number of fused-ring (bicyclic) bond motifs is 1. The highest BCUT2D eigenvalue weighted by molar-refractivity contribution is 5.76. The van der Waals surface area contributed by atoms with E-state index in [4.69, 9.17) is 14.7 Å². The monoisotopic (exact) mass is 455 g/mol. The summed E-state index contributed by atoms with van der Waals surface area (Å²) in [6.45, 7) is 10.6. The van der Waals surface area contributed by atoms with Crippen LogP contribution in [0.3, 0.4) is 0 Å². The van der Waals surface area contributed by atoms with E-state index in [0.717, 1.165) is 45.8 Å². The fourth-order valence-electron chi connectivity index (χ4n) is 4.24. The van der Waals surface area contributed by atoms with Gasteiger partial charge in [-0.1, -0.05) is 55.5 Å². The SMILES string of the molecule is C=CCc1cc(Cn2c(CC)nc3c(C)cc(C)nc32)ccc1OC(C(=O)O)c1ccccc1. The molecule has 1 unspecified atom stereocenters. The van der Waals surface area contributed by atoms with Crippen LogP contribution in [0.15, 0.2) is 67.3 Å². The minimum absolute atomic E-state index is 0.538. The van der Waals surface area contributed by atoms with Gasteiger partial charge in [-0.15, -0.1) is 6.58 Å². The summed E-state index contributed by atoms with van der Waals surface area (Å²) < 4.78 is 8.16. The van der Waals surface area contributed by atoms with Crippen molar-refractivity contribution >= 4 is 17.1 Å². The van der Waals surface area contributed by atoms with Gasteiger partial charge in [0, 0.05) is 17.7 Å². The normalized spacial score (nSPS) is 12.0. The van der Waals surface area contributed by atoms with Crippen molar-refractivity contribution in [1.82, 2.24) is 14.5 Å². The van der Waals surface area contributed by atoms with Crippen LogP contribution in [0.25, 0.3) is 11.2 Å². The number of aryl methyl sites for hydroxylation is 3. The zero-order valence-electron chi connectivity index (χ0n) is 19.8. The van der Waals surface area contributed by atoms with Gasteiger partial charge in [-0.05, 0) is 49.1 Å². The number of aromatic nitrogens is 3. The number of carboxylic acid groups (broad SMARTS) is 1. The third kappa shape index (κ3) is 4.71. The fraction of sp³-hybridized carbons (Fsp3) is 0.250. The molecule has 1 N–H and O–H groups in total. The van der Waals surface area contributed by atoms with Crippen LogP contribution in [0.1, 0.15) is 46.8 Å². The Balaban J connectivity index is 1.70. The number of nitrogens with zero attached hydrogens (tertiary/aromatic N) is 3. The van der Waals surface area contributed by atoms with Crippen molar-refractivity contribution < 1.29 is 14.6 Å². The van der Waals surface area contributed by atoms with Crippen LogP contribution in [0, 0.1) is 13.8 Å². The van der Waals surface area contributed by atoms with Crippen molar-refractivity contribution in [3.8, 4) is 5.75 Å². The molecule has 1 atom stereocenters. The highest BCUT2D eigenvalue weighted by Gasteiger charge is 2.23. The highest BCUT2D eigenvalue weighted by atomic mass is 16.5. The quantitative estimate of drug-likeness (QED) is 0.333. The molecule has 0 aliphatic rings. The third-order valence-electron chi connectivity index (χ3n) is 5.82. The van der Waals surface area contributed by atoms with E-state index in [9.17, 15) is 9.90 Å². The lowest BCUT2D eigenvalue weighted by molar-refractivity contribution is -0.145. The number of rotatable bonds is 9. The van der Waals surface area contributed by atoms with E-state index in [1.807, 2.05) is 25.1 Å². The van der Waals surface area contributed by atoms with Gasteiger partial charge >= 0.3 is 5.97 Å². The van der Waals surface area contributed by atoms with Gasteiger partial charge in [-0.25, -0.2) is 14.8 Å². The van der Waals surface area contributed by atoms with Crippen LogP contribution in [-0.4, -0.2) is 25.6 Å². The number of carbonyl (C=O) groups is 1. The van der Waals surface area contributed by atoms with Crippen LogP contribution in [0.4, 0.5) is 0 Å². The van der Waals surface area contributed by atoms with Crippen molar-refractivity contribution in [3.63, 3.8) is 0 Å². The maximum absolute atomic E-state index is 11.9. The van der Waals surface area contributed by atoms with E-state index < -0.39 is 12.1 Å². The Bertz CT molecular complexity index is 1340. The lowest BCUT2D eigenvalue weighted by Gasteiger charge is -2.19. The van der Waals surface area contributed by atoms with Crippen molar-refractivity contribution in [3.05, 3.63) is 101 Å². The molecule has 2 heterocycles. The van der Waals surface area contributed by atoms with Gasteiger partial charge in [0.1, 0.15) is 17.1 Å². The summed E-state index contributed by atoms with van der Waals surface area (Å²) in [5.41, 5.74) is 6.44. The first-order valence-corrected chi connectivity index (χ1v) is 11.4. The molecule has 4 aromatic rings. The number of pyridine rings is 1. The lowest BCUT2D eigenvalue weighted by atomic mass is 10.1. The molecular weight excluding hydrogens is 426 g/mol. The van der Waals surface area contributed by atoms with Crippen molar-refractivity contribution in [2.45, 2.75) is 46.3 Å². The molecule has 0 aliphatic carbocycles. The summed E-state index contributed by atoms with van der Waals surface area (Å²) in [5, 5.41) is 9.78. The van der Waals surface area contributed by atoms with E-state index in [1.165, 1.54) is 0 Å². The van der Waals surface area contributed by atoms with Gasteiger partial charge < -0.3 is 14.4 Å². The van der Waals surface area contributed by atoms with Gasteiger partial charge in [-0.3, -0.25) is 0 Å². The molecule has 0 saturated heterocycles. The third-order valence-corrected chi connectivity index (χ3v) is 5.82. The zero-order chi connectivity index (χ0) is 24.2. The summed E-state index contributed by atoms with van der Waals surface area (Å²) in [7, 11) is 0. The molecule has 6 heteroatoms. The average Bonchev–Trinajstić information content (AvgIpc) is 3.16. The molecular formula is C28H29N3O3. The first-order chi connectivity index (χ1) is 16.4. The second-order valence-electron chi connectivity index (χ2n) is 8.40. The summed E-state index contributed by atoms with van der Waals surface area (Å²) in [5.74, 6) is 0.488. The van der Waals surface area contributed by atoms with Crippen molar-refractivity contribution in [1.29, 1.82) is 0 Å². The number of aliphatic carboxylic acids is 1. The number of hydrogen-bond donors (Lipinski definition) is 1. The fourth-order valence-corrected chi connectivity index (χ4v) is 4.24. The van der Waals surface area contributed by atoms with E-state index in [-0.39, 0.29) is 0 Å². The molecule has 34 heavy (non-hydrogen) atoms. The molecule has 2 aromatic heterocycles. The maximum Gasteiger partial charge on any atom is 0.349 e. The predicted octanol–water partition coefficient (Wildman–Crippen LogP) is 5.59. The second-order valence-corrected chi connectivity index (χ2v) is 8.40. The van der Waals surface area contributed by atoms with Crippen molar-refractivity contribution in [2.24, 2.45) is 0 Å². The summed E-state index contributed by atoms with van der Waals surface area (Å²) >= 11 is 0. The first kappa shape index (κ1) is 23.2. The average molecular weight is 456 g/mol. The molecule has 0 saturated carbocycles. The number of hydrogen-bond acceptors (Lipinski definition) is 4. The van der Waals surface area contributed by atoms with Crippen molar-refractivity contribution in [2.75, 3.05) is 0 Å². The molecule has 0 spiro atoms. The molecule has 0 bridgehead atoms. The van der Waals surface area contributed by atoms with E-state index in [0.29, 0.717) is 24.3 Å². The predicted molar refractivity (Wildman–Crippen MR) is 133 cm³/mol. The number of imidazole rings is 1. The molecule has 4 rings (SSSR count). The Morgan fingerprint density at radius 2 is 1.91 bits per heavy atom. The molecule has 6 nitrogen and oxygen atoms in total. The summed E-state index contributed by atoms with van der Waals surface area (Å²) in [6.07, 6.45) is 2.07. The van der Waals surface area contributed by atoms with Crippen LogP contribution in [0.2, 0.25) is 0 Å². The van der Waals surface area contributed by atoms with E-state index in [2.05, 4.69) is 37.1 Å². The lowest BCUT2D eigenvalue weighted by Crippen LogP contribution is -2.18. The number of allylic oxidation sites excluding steroid dienone is 1. The largest absolute Gasteiger partial charge is 0.478 e. The number of carboxylic acids is 1. The molecule has 174 valence electrons.